The van der Waals surface area contributed by atoms with E-state index in [0.717, 1.165) is 47.9 Å². The summed E-state index contributed by atoms with van der Waals surface area (Å²) in [6, 6.07) is 17.0. The molecule has 37 heavy (non-hydrogen) atoms. The Morgan fingerprint density at radius 2 is 1.92 bits per heavy atom. The molecule has 0 bridgehead atoms. The minimum Gasteiger partial charge on any atom is -0.356 e. The number of amides is 1. The first-order valence-electron chi connectivity index (χ1n) is 11.8. The lowest BCUT2D eigenvalue weighted by atomic mass is 10.1. The van der Waals surface area contributed by atoms with Crippen LogP contribution in [0, 0.1) is 6.92 Å². The molecule has 5 rings (SSSR count). The lowest BCUT2D eigenvalue weighted by Crippen LogP contribution is -2.37. The number of benzene rings is 2. The fourth-order valence-corrected chi connectivity index (χ4v) is 4.89. The van der Waals surface area contributed by atoms with E-state index in [2.05, 4.69) is 30.7 Å². The maximum absolute atomic E-state index is 12.8. The molecule has 1 aliphatic heterocycles. The number of carbonyl (C=O) groups is 1. The zero-order chi connectivity index (χ0) is 25.1. The number of nitrogens with one attached hydrogen (secondary N) is 3. The molecule has 3 N–H and O–H groups in total. The average Bonchev–Trinajstić information content (AvgIpc) is 3.23. The Labute approximate surface area is 229 Å². The van der Waals surface area contributed by atoms with Crippen LogP contribution in [-0.4, -0.2) is 39.2 Å². The van der Waals surface area contributed by atoms with Gasteiger partial charge in [0.25, 0.3) is 5.91 Å². The molecule has 1 amide bonds. The van der Waals surface area contributed by atoms with Gasteiger partial charge < -0.3 is 15.5 Å². The number of rotatable bonds is 8. The Morgan fingerprint density at radius 3 is 2.57 bits per heavy atom. The third kappa shape index (κ3) is 6.23. The fraction of sp³-hybridized carbons (Fsp3) is 0.259. The molecule has 0 unspecified atom stereocenters. The molecule has 1 fully saturated rings. The monoisotopic (exact) mass is 539 g/mol. The molecule has 10 heteroatoms. The van der Waals surface area contributed by atoms with E-state index in [1.165, 1.54) is 11.8 Å². The summed E-state index contributed by atoms with van der Waals surface area (Å²) in [6.07, 6.45) is 1.93. The van der Waals surface area contributed by atoms with Crippen molar-refractivity contribution in [3.63, 3.8) is 0 Å². The quantitative estimate of drug-likeness (QED) is 0.203. The van der Waals surface area contributed by atoms with Crippen LogP contribution in [-0.2, 0) is 6.42 Å². The number of nitrogens with zero attached hydrogens (tertiary/aromatic N) is 4. The minimum absolute atomic E-state index is 0. The minimum atomic E-state index is -0.231. The predicted molar refractivity (Wildman–Crippen MR) is 156 cm³/mol. The van der Waals surface area contributed by atoms with Crippen LogP contribution in [0.25, 0.3) is 0 Å². The van der Waals surface area contributed by atoms with Gasteiger partial charge in [0.05, 0.1) is 10.6 Å². The highest BCUT2D eigenvalue weighted by Gasteiger charge is 2.19. The van der Waals surface area contributed by atoms with E-state index in [0.29, 0.717) is 33.1 Å². The Morgan fingerprint density at radius 1 is 1.14 bits per heavy atom. The number of hydrogen-bond acceptors (Lipinski definition) is 7. The van der Waals surface area contributed by atoms with E-state index in [4.69, 9.17) is 16.6 Å². The van der Waals surface area contributed by atoms with Gasteiger partial charge in [0.2, 0.25) is 0 Å². The van der Waals surface area contributed by atoms with Gasteiger partial charge in [-0.1, -0.05) is 38.1 Å². The number of halogens is 1. The van der Waals surface area contributed by atoms with E-state index in [1.807, 2.05) is 62.4 Å². The van der Waals surface area contributed by atoms with Crippen molar-refractivity contribution >= 4 is 52.4 Å². The number of hydrogen-bond donors (Lipinski definition) is 3. The van der Waals surface area contributed by atoms with Crippen LogP contribution in [0.5, 0.6) is 0 Å². The molecule has 3 heterocycles. The second-order valence-electron chi connectivity index (χ2n) is 8.51. The van der Waals surface area contributed by atoms with Crippen LogP contribution >= 0.6 is 23.4 Å². The van der Waals surface area contributed by atoms with Gasteiger partial charge >= 0.3 is 0 Å². The second kappa shape index (κ2) is 11.7. The Kier molecular flexibility index (Phi) is 8.35. The summed E-state index contributed by atoms with van der Waals surface area (Å²) in [4.78, 5) is 25.4. The molecule has 196 valence electrons. The lowest BCUT2D eigenvalue weighted by molar-refractivity contribution is 0.102. The van der Waals surface area contributed by atoms with Gasteiger partial charge in [-0.05, 0) is 67.4 Å². The summed E-state index contributed by atoms with van der Waals surface area (Å²) in [5.41, 5.74) is 3.08. The van der Waals surface area contributed by atoms with Gasteiger partial charge in [-0.15, -0.1) is 0 Å². The summed E-state index contributed by atoms with van der Waals surface area (Å²) in [5.74, 6) is 2.06. The Hall–Kier alpha value is -3.56. The van der Waals surface area contributed by atoms with Crippen LogP contribution in [0.15, 0.2) is 64.6 Å². The van der Waals surface area contributed by atoms with E-state index in [1.54, 1.807) is 6.07 Å². The van der Waals surface area contributed by atoms with Crippen molar-refractivity contribution in [3.05, 3.63) is 76.4 Å². The Balaban J connectivity index is 0.00000178. The van der Waals surface area contributed by atoms with Crippen LogP contribution < -0.4 is 15.5 Å². The van der Waals surface area contributed by atoms with E-state index >= 15 is 0 Å². The van der Waals surface area contributed by atoms with Crippen molar-refractivity contribution in [2.75, 3.05) is 28.6 Å². The summed E-state index contributed by atoms with van der Waals surface area (Å²) >= 11 is 7.87. The normalized spacial score (nSPS) is 12.5. The van der Waals surface area contributed by atoms with Crippen molar-refractivity contribution in [1.29, 1.82) is 0 Å². The number of aromatic amines is 1. The van der Waals surface area contributed by atoms with Crippen LogP contribution in [0.3, 0.4) is 0 Å². The van der Waals surface area contributed by atoms with Crippen LogP contribution in [0.4, 0.5) is 23.1 Å². The van der Waals surface area contributed by atoms with Gasteiger partial charge in [0, 0.05) is 44.4 Å². The molecule has 1 saturated heterocycles. The smallest absolute Gasteiger partial charge is 0.257 e. The average molecular weight is 540 g/mol. The number of aryl methyl sites for hydroxylation is 2. The zero-order valence-corrected chi connectivity index (χ0v) is 21.6. The van der Waals surface area contributed by atoms with E-state index in [9.17, 15) is 4.79 Å². The van der Waals surface area contributed by atoms with Crippen LogP contribution in [0.2, 0.25) is 5.02 Å². The first kappa shape index (κ1) is 26.5. The van der Waals surface area contributed by atoms with Gasteiger partial charge in [0.1, 0.15) is 11.6 Å². The first-order valence-corrected chi connectivity index (χ1v) is 13.0. The topological polar surface area (TPSA) is 98.8 Å². The molecular weight excluding hydrogens is 506 g/mol. The standard InChI is InChI=1S/C26H26ClN7OS.CH4.2H2/c1-3-17-6-4-7-20(24(17)27)25(35)28-18-8-10-19(11-9-18)36-26-30-21(29-22-14-16(2)32-33-22)15-23(31-26)34-12-5-13-34;;;/h4,6-11,14-15H,3,5,12-13H2,1-2H3,(H,28,35)(H2,29,30,31,32,33);1H4;2*1H. The third-order valence-electron chi connectivity index (χ3n) is 5.86. The van der Waals surface area contributed by atoms with Crippen LogP contribution in [0.1, 0.15) is 45.2 Å². The predicted octanol–water partition coefficient (Wildman–Crippen LogP) is 7.21. The van der Waals surface area contributed by atoms with Gasteiger partial charge in [-0.25, -0.2) is 9.97 Å². The molecule has 1 aliphatic rings. The van der Waals surface area contributed by atoms with Crippen molar-refractivity contribution in [2.24, 2.45) is 0 Å². The maximum Gasteiger partial charge on any atom is 0.257 e. The van der Waals surface area contributed by atoms with Crippen molar-refractivity contribution in [2.45, 2.75) is 44.2 Å². The molecule has 8 nitrogen and oxygen atoms in total. The summed E-state index contributed by atoms with van der Waals surface area (Å²) in [5, 5.41) is 14.5. The second-order valence-corrected chi connectivity index (χ2v) is 9.93. The number of aromatic nitrogens is 4. The Bertz CT molecular complexity index is 1400. The maximum atomic E-state index is 12.8. The highest BCUT2D eigenvalue weighted by atomic mass is 35.5. The summed E-state index contributed by atoms with van der Waals surface area (Å²) in [7, 11) is 0. The molecular formula is C27H34ClN7OS. The SMILES string of the molecule is C.CCc1cccc(C(=O)Nc2ccc(Sc3nc(Nc4cc(C)[nH]n4)cc(N4CCC4)n3)cc2)c1Cl.[HH].[HH]. The van der Waals surface area contributed by atoms with Crippen molar-refractivity contribution in [1.82, 2.24) is 20.2 Å². The van der Waals surface area contributed by atoms with E-state index < -0.39 is 0 Å². The number of anilines is 4. The molecule has 4 aromatic rings. The van der Waals surface area contributed by atoms with Crippen molar-refractivity contribution in [3.8, 4) is 0 Å². The molecule has 0 spiro atoms. The highest BCUT2D eigenvalue weighted by molar-refractivity contribution is 7.99. The van der Waals surface area contributed by atoms with Gasteiger partial charge in [-0.2, -0.15) is 5.10 Å². The lowest BCUT2D eigenvalue weighted by Gasteiger charge is -2.32. The van der Waals surface area contributed by atoms with E-state index in [-0.39, 0.29) is 16.2 Å². The molecule has 2 aromatic heterocycles. The first-order chi connectivity index (χ1) is 17.5. The van der Waals surface area contributed by atoms with Gasteiger partial charge in [-0.3, -0.25) is 9.89 Å². The third-order valence-corrected chi connectivity index (χ3v) is 7.18. The summed E-state index contributed by atoms with van der Waals surface area (Å²) < 4.78 is 0. The largest absolute Gasteiger partial charge is 0.356 e. The molecule has 0 atom stereocenters. The summed E-state index contributed by atoms with van der Waals surface area (Å²) in [6.45, 7) is 5.94. The molecule has 0 saturated carbocycles. The van der Waals surface area contributed by atoms with Crippen molar-refractivity contribution < 1.29 is 7.65 Å². The zero-order valence-electron chi connectivity index (χ0n) is 20.0. The molecule has 2 aromatic carbocycles. The van der Waals surface area contributed by atoms with Gasteiger partial charge in [0.15, 0.2) is 11.0 Å². The number of H-pyrrole nitrogens is 1. The number of carbonyl (C=O) groups excluding carboxylic acids is 1. The molecule has 0 aliphatic carbocycles. The molecule has 0 radical (unpaired) electrons. The fourth-order valence-electron chi connectivity index (χ4n) is 3.78. The highest BCUT2D eigenvalue weighted by Crippen LogP contribution is 2.31.